The topological polar surface area (TPSA) is 75.6 Å². The number of rotatable bonds is 7. The highest BCUT2D eigenvalue weighted by Gasteiger charge is 2.20. The van der Waals surface area contributed by atoms with Gasteiger partial charge in [-0.15, -0.1) is 0 Å². The summed E-state index contributed by atoms with van der Waals surface area (Å²) in [5.74, 6) is 0.0829. The third-order valence-corrected chi connectivity index (χ3v) is 5.27. The molecule has 1 rings (SSSR count). The van der Waals surface area contributed by atoms with Gasteiger partial charge in [-0.2, -0.15) is 0 Å². The van der Waals surface area contributed by atoms with Crippen molar-refractivity contribution in [2.24, 2.45) is 5.92 Å². The van der Waals surface area contributed by atoms with Crippen LogP contribution in [-0.4, -0.2) is 33.8 Å². The van der Waals surface area contributed by atoms with E-state index in [9.17, 15) is 13.5 Å². The minimum absolute atomic E-state index is 0.0829. The molecule has 0 aliphatic heterocycles. The van der Waals surface area contributed by atoms with Crippen molar-refractivity contribution >= 4 is 26.0 Å². The van der Waals surface area contributed by atoms with Crippen LogP contribution in [0.1, 0.15) is 18.1 Å². The molecule has 1 aromatic carbocycles. The smallest absolute Gasteiger partial charge is 0.240 e. The van der Waals surface area contributed by atoms with Crippen molar-refractivity contribution in [2.45, 2.75) is 25.3 Å². The molecule has 0 aliphatic carbocycles. The van der Waals surface area contributed by atoms with Gasteiger partial charge in [0.25, 0.3) is 0 Å². The van der Waals surface area contributed by atoms with Crippen LogP contribution in [0.5, 0.6) is 0 Å². The maximum atomic E-state index is 12.3. The van der Waals surface area contributed by atoms with E-state index >= 15 is 0 Å². The van der Waals surface area contributed by atoms with E-state index in [0.717, 1.165) is 0 Å². The average Bonchev–Trinajstić information content (AvgIpc) is 2.39. The molecule has 1 unspecified atom stereocenters. The Balaban J connectivity index is 3.00. The third kappa shape index (κ3) is 4.53. The van der Waals surface area contributed by atoms with Crippen molar-refractivity contribution < 1.29 is 18.3 Å². The molecule has 1 aromatic rings. The summed E-state index contributed by atoms with van der Waals surface area (Å²) in [6.07, 6.45) is 0. The van der Waals surface area contributed by atoms with Crippen LogP contribution in [0.15, 0.2) is 21.5 Å². The Hall–Kier alpha value is -0.470. The van der Waals surface area contributed by atoms with Gasteiger partial charge in [-0.3, -0.25) is 0 Å². The summed E-state index contributed by atoms with van der Waals surface area (Å²) in [5, 5.41) is 9.18. The van der Waals surface area contributed by atoms with Crippen LogP contribution < -0.4 is 4.72 Å². The predicted octanol–water partition coefficient (Wildman–Crippen LogP) is 1.81. The van der Waals surface area contributed by atoms with Crippen LogP contribution >= 0.6 is 15.9 Å². The zero-order chi connectivity index (χ0) is 15.3. The minimum Gasteiger partial charge on any atom is -0.392 e. The second kappa shape index (κ2) is 7.51. The molecule has 0 amide bonds. The summed E-state index contributed by atoms with van der Waals surface area (Å²) >= 11 is 3.31. The fraction of sp³-hybridized carbons (Fsp3) is 0.538. The van der Waals surface area contributed by atoms with E-state index in [1.165, 1.54) is 6.07 Å². The van der Waals surface area contributed by atoms with Gasteiger partial charge in [-0.05, 0) is 36.1 Å². The summed E-state index contributed by atoms with van der Waals surface area (Å²) < 4.78 is 32.9. The van der Waals surface area contributed by atoms with Gasteiger partial charge in [0.15, 0.2) is 0 Å². The number of sulfonamides is 1. The Labute approximate surface area is 128 Å². The van der Waals surface area contributed by atoms with Crippen molar-refractivity contribution in [3.8, 4) is 0 Å². The number of hydrogen-bond acceptors (Lipinski definition) is 4. The largest absolute Gasteiger partial charge is 0.392 e. The summed E-state index contributed by atoms with van der Waals surface area (Å²) in [7, 11) is -2.03. The number of aliphatic hydroxyl groups excluding tert-OH is 1. The zero-order valence-electron chi connectivity index (χ0n) is 11.8. The van der Waals surface area contributed by atoms with Gasteiger partial charge in [0, 0.05) is 24.7 Å². The van der Waals surface area contributed by atoms with E-state index in [1.54, 1.807) is 20.1 Å². The maximum absolute atomic E-state index is 12.3. The first-order chi connectivity index (χ1) is 9.31. The maximum Gasteiger partial charge on any atom is 0.240 e. The molecule has 0 aromatic heterocycles. The molecule has 0 spiro atoms. The molecule has 0 bridgehead atoms. The van der Waals surface area contributed by atoms with Gasteiger partial charge in [0.05, 0.1) is 11.5 Å². The van der Waals surface area contributed by atoms with E-state index < -0.39 is 10.0 Å². The molecule has 0 heterocycles. The summed E-state index contributed by atoms with van der Waals surface area (Å²) in [6.45, 7) is 4.21. The molecule has 0 saturated heterocycles. The highest BCUT2D eigenvalue weighted by atomic mass is 79.9. The molecule has 0 saturated carbocycles. The number of ether oxygens (including phenoxy) is 1. The lowest BCUT2D eigenvalue weighted by atomic mass is 10.2. The summed E-state index contributed by atoms with van der Waals surface area (Å²) in [5.41, 5.74) is 1.17. The van der Waals surface area contributed by atoms with Gasteiger partial charge in [0.1, 0.15) is 0 Å². The SMILES string of the molecule is COCC(C)CNS(=O)(=O)c1cc(CO)cc(Br)c1C. The number of benzene rings is 1. The van der Waals surface area contributed by atoms with Crippen molar-refractivity contribution in [1.29, 1.82) is 0 Å². The zero-order valence-corrected chi connectivity index (χ0v) is 14.2. The van der Waals surface area contributed by atoms with Crippen molar-refractivity contribution in [3.05, 3.63) is 27.7 Å². The lowest BCUT2D eigenvalue weighted by Crippen LogP contribution is -2.30. The Morgan fingerprint density at radius 3 is 2.65 bits per heavy atom. The van der Waals surface area contributed by atoms with Crippen molar-refractivity contribution in [2.75, 3.05) is 20.3 Å². The summed E-state index contributed by atoms with van der Waals surface area (Å²) in [6, 6.07) is 3.20. The van der Waals surface area contributed by atoms with Gasteiger partial charge >= 0.3 is 0 Å². The number of halogens is 1. The van der Waals surface area contributed by atoms with Crippen LogP contribution in [0.3, 0.4) is 0 Å². The molecule has 7 heteroatoms. The molecule has 0 radical (unpaired) electrons. The number of hydrogen-bond donors (Lipinski definition) is 2. The van der Waals surface area contributed by atoms with Gasteiger partial charge in [-0.25, -0.2) is 13.1 Å². The van der Waals surface area contributed by atoms with Crippen LogP contribution in [-0.2, 0) is 21.4 Å². The first-order valence-corrected chi connectivity index (χ1v) is 8.48. The van der Waals surface area contributed by atoms with Gasteiger partial charge < -0.3 is 9.84 Å². The van der Waals surface area contributed by atoms with Crippen LogP contribution in [0.2, 0.25) is 0 Å². The van der Waals surface area contributed by atoms with E-state index in [1.807, 2.05) is 6.92 Å². The van der Waals surface area contributed by atoms with Crippen molar-refractivity contribution in [1.82, 2.24) is 4.72 Å². The molecule has 2 N–H and O–H groups in total. The highest BCUT2D eigenvalue weighted by Crippen LogP contribution is 2.25. The minimum atomic E-state index is -3.61. The Bertz CT molecular complexity index is 560. The summed E-state index contributed by atoms with van der Waals surface area (Å²) in [4.78, 5) is 0.181. The molecular weight excluding hydrogens is 346 g/mol. The normalized spacial score (nSPS) is 13.4. The van der Waals surface area contributed by atoms with Crippen LogP contribution in [0, 0.1) is 12.8 Å². The van der Waals surface area contributed by atoms with Crippen LogP contribution in [0.25, 0.3) is 0 Å². The lowest BCUT2D eigenvalue weighted by molar-refractivity contribution is 0.161. The lowest BCUT2D eigenvalue weighted by Gasteiger charge is -2.15. The molecule has 1 atom stereocenters. The van der Waals surface area contributed by atoms with E-state index in [0.29, 0.717) is 28.8 Å². The molecule has 5 nitrogen and oxygen atoms in total. The monoisotopic (exact) mass is 365 g/mol. The predicted molar refractivity (Wildman–Crippen MR) is 81.0 cm³/mol. The fourth-order valence-electron chi connectivity index (χ4n) is 1.75. The quantitative estimate of drug-likeness (QED) is 0.772. The second-order valence-electron chi connectivity index (χ2n) is 4.77. The standard InChI is InChI=1S/C13H20BrNO4S/c1-9(8-19-3)6-15-20(17,18)13-5-11(7-16)4-12(14)10(13)2/h4-5,9,15-16H,6-8H2,1-3H3. The van der Waals surface area contributed by atoms with Gasteiger partial charge in [0.2, 0.25) is 10.0 Å². The molecule has 114 valence electrons. The average molecular weight is 366 g/mol. The molecular formula is C13H20BrNO4S. The van der Waals surface area contributed by atoms with E-state index in [2.05, 4.69) is 20.7 Å². The number of aliphatic hydroxyl groups is 1. The Morgan fingerprint density at radius 2 is 2.10 bits per heavy atom. The third-order valence-electron chi connectivity index (χ3n) is 2.90. The molecule has 0 aliphatic rings. The van der Waals surface area contributed by atoms with E-state index in [4.69, 9.17) is 4.74 Å². The fourth-order valence-corrected chi connectivity index (χ4v) is 3.87. The molecule has 0 fully saturated rings. The number of methoxy groups -OCH3 is 1. The van der Waals surface area contributed by atoms with Crippen LogP contribution in [0.4, 0.5) is 0 Å². The Kier molecular flexibility index (Phi) is 6.60. The first kappa shape index (κ1) is 17.6. The Morgan fingerprint density at radius 1 is 1.45 bits per heavy atom. The highest BCUT2D eigenvalue weighted by molar-refractivity contribution is 9.10. The van der Waals surface area contributed by atoms with Gasteiger partial charge in [-0.1, -0.05) is 22.9 Å². The van der Waals surface area contributed by atoms with Crippen molar-refractivity contribution in [3.63, 3.8) is 0 Å². The van der Waals surface area contributed by atoms with E-state index in [-0.39, 0.29) is 17.4 Å². The molecule has 20 heavy (non-hydrogen) atoms. The second-order valence-corrected chi connectivity index (χ2v) is 7.36. The number of nitrogens with one attached hydrogen (secondary N) is 1. The first-order valence-electron chi connectivity index (χ1n) is 6.20.